The van der Waals surface area contributed by atoms with Crippen molar-refractivity contribution in [2.75, 3.05) is 27.2 Å². The first-order chi connectivity index (χ1) is 16.0. The van der Waals surface area contributed by atoms with Crippen molar-refractivity contribution in [1.82, 2.24) is 15.0 Å². The number of carbonyl (C=O) groups is 1. The molecule has 0 amide bonds. The van der Waals surface area contributed by atoms with Crippen molar-refractivity contribution in [2.45, 2.75) is 18.9 Å². The highest BCUT2D eigenvalue weighted by Gasteiger charge is 2.21. The summed E-state index contributed by atoms with van der Waals surface area (Å²) < 4.78 is 11.0. The smallest absolute Gasteiger partial charge is 0.317 e. The van der Waals surface area contributed by atoms with Crippen LogP contribution < -0.4 is 0 Å². The van der Waals surface area contributed by atoms with E-state index < -0.39 is 5.97 Å². The molecule has 0 saturated carbocycles. The van der Waals surface area contributed by atoms with Crippen LogP contribution >= 0.6 is 0 Å². The van der Waals surface area contributed by atoms with Gasteiger partial charge in [0.05, 0.1) is 13.2 Å². The number of carboxylic acid groups (broad SMARTS) is 1. The van der Waals surface area contributed by atoms with Crippen LogP contribution in [0.5, 0.6) is 0 Å². The maximum atomic E-state index is 10.9. The molecule has 3 aromatic rings. The monoisotopic (exact) mass is 445 g/mol. The second-order valence-electron chi connectivity index (χ2n) is 8.22. The van der Waals surface area contributed by atoms with Gasteiger partial charge in [-0.3, -0.25) is 9.69 Å². The molecule has 4 rings (SSSR count). The summed E-state index contributed by atoms with van der Waals surface area (Å²) in [7, 11) is 3.48. The number of aliphatic carboxylic acids is 1. The molecular weight excluding hydrogens is 418 g/mol. The standard InChI is InChI=1S/C26H27N3O4/c1-29(16-24(30)31)15-18-7-6-10-20(13-18)25-27-26(33-28-25)21-11-12-23(22(14-21)17-32-2)19-8-4-3-5-9-19/h3-12,14,20H,13,15-17H2,1-2H3,(H,30,31). The molecule has 0 radical (unpaired) electrons. The molecule has 0 spiro atoms. The van der Waals surface area contributed by atoms with E-state index in [0.29, 0.717) is 24.9 Å². The van der Waals surface area contributed by atoms with Gasteiger partial charge in [-0.25, -0.2) is 0 Å². The number of rotatable bonds is 9. The number of allylic oxidation sites excluding steroid dienone is 3. The minimum atomic E-state index is -0.838. The molecular formula is C26H27N3O4. The van der Waals surface area contributed by atoms with Gasteiger partial charge in [-0.05, 0) is 42.3 Å². The van der Waals surface area contributed by atoms with Crippen LogP contribution in [-0.2, 0) is 16.1 Å². The van der Waals surface area contributed by atoms with E-state index in [1.165, 1.54) is 0 Å². The SMILES string of the molecule is COCc1cc(-c2nc(C3C=CC=C(CN(C)CC(=O)O)C3)no2)ccc1-c1ccccc1. The Morgan fingerprint density at radius 1 is 1.21 bits per heavy atom. The van der Waals surface area contributed by atoms with E-state index >= 15 is 0 Å². The van der Waals surface area contributed by atoms with Gasteiger partial charge in [0.1, 0.15) is 0 Å². The van der Waals surface area contributed by atoms with Crippen molar-refractivity contribution in [1.29, 1.82) is 0 Å². The molecule has 0 aliphatic heterocycles. The molecule has 0 fully saturated rings. The highest BCUT2D eigenvalue weighted by Crippen LogP contribution is 2.31. The highest BCUT2D eigenvalue weighted by molar-refractivity contribution is 5.71. The number of nitrogens with zero attached hydrogens (tertiary/aromatic N) is 3. The van der Waals surface area contributed by atoms with Crippen LogP contribution in [0.15, 0.2) is 76.9 Å². The molecule has 7 heteroatoms. The van der Waals surface area contributed by atoms with E-state index in [1.807, 2.05) is 48.6 Å². The van der Waals surface area contributed by atoms with E-state index in [4.69, 9.17) is 14.4 Å². The molecule has 1 unspecified atom stereocenters. The van der Waals surface area contributed by atoms with E-state index in [-0.39, 0.29) is 12.5 Å². The van der Waals surface area contributed by atoms with Gasteiger partial charge in [0.2, 0.25) is 0 Å². The molecule has 1 aliphatic rings. The average Bonchev–Trinajstić information content (AvgIpc) is 3.30. The fourth-order valence-corrected chi connectivity index (χ4v) is 4.08. The molecule has 170 valence electrons. The number of hydrogen-bond donors (Lipinski definition) is 1. The fraction of sp³-hybridized carbons (Fsp3) is 0.269. The second kappa shape index (κ2) is 10.4. The van der Waals surface area contributed by atoms with Crippen LogP contribution in [0.2, 0.25) is 0 Å². The first-order valence-electron chi connectivity index (χ1n) is 10.8. The van der Waals surface area contributed by atoms with Crippen LogP contribution in [0, 0.1) is 0 Å². The topological polar surface area (TPSA) is 88.7 Å². The first kappa shape index (κ1) is 22.6. The van der Waals surface area contributed by atoms with Crippen molar-refractivity contribution in [2.24, 2.45) is 0 Å². The minimum Gasteiger partial charge on any atom is -0.480 e. The van der Waals surface area contributed by atoms with Gasteiger partial charge in [0, 0.05) is 25.1 Å². The molecule has 1 N–H and O–H groups in total. The van der Waals surface area contributed by atoms with Crippen LogP contribution in [0.3, 0.4) is 0 Å². The van der Waals surface area contributed by atoms with Gasteiger partial charge in [-0.15, -0.1) is 0 Å². The molecule has 1 atom stereocenters. The summed E-state index contributed by atoms with van der Waals surface area (Å²) in [6.07, 6.45) is 6.76. The summed E-state index contributed by atoms with van der Waals surface area (Å²) in [5.74, 6) is 0.236. The minimum absolute atomic E-state index is 0.000857. The molecule has 0 saturated heterocycles. The number of hydrogen-bond acceptors (Lipinski definition) is 6. The number of methoxy groups -OCH3 is 1. The fourth-order valence-electron chi connectivity index (χ4n) is 4.08. The number of likely N-dealkylation sites (N-methyl/N-ethyl adjacent to an activating group) is 1. The Morgan fingerprint density at radius 3 is 2.79 bits per heavy atom. The number of carboxylic acids is 1. The van der Waals surface area contributed by atoms with E-state index in [0.717, 1.165) is 34.2 Å². The Balaban J connectivity index is 1.51. The predicted octanol–water partition coefficient (Wildman–Crippen LogP) is 4.54. The summed E-state index contributed by atoms with van der Waals surface area (Å²) in [5.41, 5.74) is 5.26. The van der Waals surface area contributed by atoms with Crippen molar-refractivity contribution in [3.05, 3.63) is 83.7 Å². The molecule has 2 aromatic carbocycles. The Bertz CT molecular complexity index is 1170. The van der Waals surface area contributed by atoms with Gasteiger partial charge in [-0.2, -0.15) is 4.98 Å². The maximum absolute atomic E-state index is 10.9. The summed E-state index contributed by atoms with van der Waals surface area (Å²) in [6, 6.07) is 16.3. The van der Waals surface area contributed by atoms with E-state index in [1.54, 1.807) is 19.1 Å². The quantitative estimate of drug-likeness (QED) is 0.517. The Hall–Kier alpha value is -3.55. The molecule has 0 bridgehead atoms. The number of aromatic nitrogens is 2. The Morgan fingerprint density at radius 2 is 2.03 bits per heavy atom. The van der Waals surface area contributed by atoms with Crippen LogP contribution in [-0.4, -0.2) is 53.4 Å². The van der Waals surface area contributed by atoms with Gasteiger partial charge in [0.15, 0.2) is 5.82 Å². The number of ether oxygens (including phenoxy) is 1. The third-order valence-electron chi connectivity index (χ3n) is 5.55. The lowest BCUT2D eigenvalue weighted by Gasteiger charge is -2.20. The average molecular weight is 446 g/mol. The summed E-state index contributed by atoms with van der Waals surface area (Å²) in [6.45, 7) is 1.06. The maximum Gasteiger partial charge on any atom is 0.317 e. The van der Waals surface area contributed by atoms with Crippen molar-refractivity contribution < 1.29 is 19.2 Å². The lowest BCUT2D eigenvalue weighted by molar-refractivity contribution is -0.137. The van der Waals surface area contributed by atoms with Gasteiger partial charge >= 0.3 is 5.97 Å². The van der Waals surface area contributed by atoms with Crippen molar-refractivity contribution in [3.8, 4) is 22.6 Å². The van der Waals surface area contributed by atoms with Crippen LogP contribution in [0.1, 0.15) is 23.7 Å². The van der Waals surface area contributed by atoms with Crippen molar-refractivity contribution in [3.63, 3.8) is 0 Å². The van der Waals surface area contributed by atoms with Gasteiger partial charge < -0.3 is 14.4 Å². The third-order valence-corrected chi connectivity index (χ3v) is 5.55. The Labute approximate surface area is 193 Å². The summed E-state index contributed by atoms with van der Waals surface area (Å²) >= 11 is 0. The summed E-state index contributed by atoms with van der Waals surface area (Å²) in [4.78, 5) is 17.4. The Kier molecular flexibility index (Phi) is 7.12. The van der Waals surface area contributed by atoms with Gasteiger partial charge in [0.25, 0.3) is 5.89 Å². The van der Waals surface area contributed by atoms with Gasteiger partial charge in [-0.1, -0.05) is 65.4 Å². The van der Waals surface area contributed by atoms with E-state index in [2.05, 4.69) is 28.3 Å². The highest BCUT2D eigenvalue weighted by atomic mass is 16.5. The lowest BCUT2D eigenvalue weighted by Crippen LogP contribution is -2.28. The largest absolute Gasteiger partial charge is 0.480 e. The zero-order valence-corrected chi connectivity index (χ0v) is 18.8. The molecule has 1 aromatic heterocycles. The second-order valence-corrected chi connectivity index (χ2v) is 8.22. The number of benzene rings is 2. The predicted molar refractivity (Wildman–Crippen MR) is 126 cm³/mol. The van der Waals surface area contributed by atoms with Crippen LogP contribution in [0.4, 0.5) is 0 Å². The van der Waals surface area contributed by atoms with Crippen LogP contribution in [0.25, 0.3) is 22.6 Å². The molecule has 7 nitrogen and oxygen atoms in total. The molecule has 1 heterocycles. The van der Waals surface area contributed by atoms with Crippen molar-refractivity contribution >= 4 is 5.97 Å². The summed E-state index contributed by atoms with van der Waals surface area (Å²) in [5, 5.41) is 13.2. The normalized spacial score (nSPS) is 15.6. The zero-order valence-electron chi connectivity index (χ0n) is 18.8. The first-order valence-corrected chi connectivity index (χ1v) is 10.8. The molecule has 33 heavy (non-hydrogen) atoms. The zero-order chi connectivity index (χ0) is 23.2. The van der Waals surface area contributed by atoms with E-state index in [9.17, 15) is 4.79 Å². The molecule has 1 aliphatic carbocycles. The third kappa shape index (κ3) is 5.63. The lowest BCUT2D eigenvalue weighted by atomic mass is 9.93.